The maximum absolute atomic E-state index is 11.2. The minimum atomic E-state index is -0.520. The van der Waals surface area contributed by atoms with Crippen LogP contribution in [0.1, 0.15) is 31.0 Å². The van der Waals surface area contributed by atoms with Crippen LogP contribution in [0.25, 0.3) is 0 Å². The highest BCUT2D eigenvalue weighted by atomic mass is 16.6. The summed E-state index contributed by atoms with van der Waals surface area (Å²) in [6, 6.07) is 0. The van der Waals surface area contributed by atoms with Crippen molar-refractivity contribution in [2.24, 2.45) is 0 Å². The normalized spacial score (nSPS) is 14.1. The molecule has 1 aromatic rings. The molecule has 1 aliphatic carbocycles. The van der Waals surface area contributed by atoms with E-state index in [0.29, 0.717) is 24.9 Å². The van der Waals surface area contributed by atoms with Crippen LogP contribution < -0.4 is 10.1 Å². The summed E-state index contributed by atoms with van der Waals surface area (Å²) in [7, 11) is 2.99. The molecule has 0 spiro atoms. The average molecular weight is 282 g/mol. The number of rotatable bonds is 8. The molecular weight excluding hydrogens is 264 g/mol. The quantitative estimate of drug-likeness (QED) is 0.440. The molecule has 2 rings (SSSR count). The van der Waals surface area contributed by atoms with Gasteiger partial charge in [0.05, 0.1) is 12.0 Å². The minimum Gasteiger partial charge on any atom is -0.476 e. The van der Waals surface area contributed by atoms with Gasteiger partial charge in [-0.1, -0.05) is 0 Å². The molecular formula is C12H18N4O4. The second kappa shape index (κ2) is 6.47. The monoisotopic (exact) mass is 282 g/mol. The summed E-state index contributed by atoms with van der Waals surface area (Å²) < 4.78 is 9.98. The SMILES string of the molecule is COCCCNc1nc(C2CC2)nc(OC)c1[N+](=O)[O-]. The smallest absolute Gasteiger partial charge is 0.372 e. The first-order chi connectivity index (χ1) is 9.67. The van der Waals surface area contributed by atoms with E-state index in [2.05, 4.69) is 15.3 Å². The molecule has 0 unspecified atom stereocenters. The highest BCUT2D eigenvalue weighted by molar-refractivity contribution is 5.62. The molecule has 20 heavy (non-hydrogen) atoms. The summed E-state index contributed by atoms with van der Waals surface area (Å²) in [5.41, 5.74) is -0.214. The molecule has 0 saturated heterocycles. The van der Waals surface area contributed by atoms with E-state index in [-0.39, 0.29) is 17.4 Å². The van der Waals surface area contributed by atoms with Crippen LogP contribution in [0.4, 0.5) is 11.5 Å². The van der Waals surface area contributed by atoms with E-state index in [0.717, 1.165) is 19.3 Å². The van der Waals surface area contributed by atoms with Gasteiger partial charge in [-0.05, 0) is 19.3 Å². The maximum atomic E-state index is 11.2. The Kier molecular flexibility index (Phi) is 4.67. The van der Waals surface area contributed by atoms with Crippen LogP contribution >= 0.6 is 0 Å². The van der Waals surface area contributed by atoms with Crippen LogP contribution in [0.15, 0.2) is 0 Å². The number of nitrogens with one attached hydrogen (secondary N) is 1. The Morgan fingerprint density at radius 2 is 2.15 bits per heavy atom. The number of ether oxygens (including phenoxy) is 2. The number of anilines is 1. The van der Waals surface area contributed by atoms with E-state index >= 15 is 0 Å². The fourth-order valence-electron chi connectivity index (χ4n) is 1.83. The van der Waals surface area contributed by atoms with Crippen molar-refractivity contribution >= 4 is 11.5 Å². The fraction of sp³-hybridized carbons (Fsp3) is 0.667. The zero-order valence-corrected chi connectivity index (χ0v) is 11.6. The van der Waals surface area contributed by atoms with E-state index < -0.39 is 4.92 Å². The van der Waals surface area contributed by atoms with E-state index in [1.54, 1.807) is 7.11 Å². The van der Waals surface area contributed by atoms with E-state index in [1.807, 2.05) is 0 Å². The van der Waals surface area contributed by atoms with Gasteiger partial charge >= 0.3 is 5.69 Å². The van der Waals surface area contributed by atoms with Gasteiger partial charge in [0, 0.05) is 26.2 Å². The van der Waals surface area contributed by atoms with Gasteiger partial charge in [0.25, 0.3) is 5.88 Å². The third-order valence-corrected chi connectivity index (χ3v) is 3.01. The number of aromatic nitrogens is 2. The number of hydrogen-bond donors (Lipinski definition) is 1. The third-order valence-electron chi connectivity index (χ3n) is 3.01. The number of hydrogen-bond acceptors (Lipinski definition) is 7. The van der Waals surface area contributed by atoms with E-state index in [4.69, 9.17) is 9.47 Å². The van der Waals surface area contributed by atoms with Crippen molar-refractivity contribution < 1.29 is 14.4 Å². The number of nitro groups is 1. The Balaban J connectivity index is 2.24. The van der Waals surface area contributed by atoms with Gasteiger partial charge in [0.15, 0.2) is 0 Å². The number of nitrogens with zero attached hydrogens (tertiary/aromatic N) is 3. The molecule has 1 N–H and O–H groups in total. The van der Waals surface area contributed by atoms with Crippen molar-refractivity contribution in [2.45, 2.75) is 25.2 Å². The lowest BCUT2D eigenvalue weighted by Gasteiger charge is -2.10. The maximum Gasteiger partial charge on any atom is 0.372 e. The molecule has 1 aromatic heterocycles. The zero-order valence-electron chi connectivity index (χ0n) is 11.6. The van der Waals surface area contributed by atoms with Gasteiger partial charge < -0.3 is 14.8 Å². The molecule has 8 nitrogen and oxygen atoms in total. The third kappa shape index (κ3) is 3.32. The Morgan fingerprint density at radius 3 is 2.70 bits per heavy atom. The fourth-order valence-corrected chi connectivity index (χ4v) is 1.83. The van der Waals surface area contributed by atoms with E-state index in [1.165, 1.54) is 7.11 Å². The van der Waals surface area contributed by atoms with Gasteiger partial charge in [-0.2, -0.15) is 4.98 Å². The molecule has 0 bridgehead atoms. The lowest BCUT2D eigenvalue weighted by molar-refractivity contribution is -0.385. The molecule has 110 valence electrons. The van der Waals surface area contributed by atoms with Crippen LogP contribution in [0, 0.1) is 10.1 Å². The van der Waals surface area contributed by atoms with Gasteiger partial charge in [0.2, 0.25) is 5.82 Å². The van der Waals surface area contributed by atoms with E-state index in [9.17, 15) is 10.1 Å². The molecule has 0 radical (unpaired) electrons. The lowest BCUT2D eigenvalue weighted by atomic mass is 10.3. The lowest BCUT2D eigenvalue weighted by Crippen LogP contribution is -2.11. The first kappa shape index (κ1) is 14.4. The Bertz CT molecular complexity index is 491. The van der Waals surface area contributed by atoms with Gasteiger partial charge in [0.1, 0.15) is 5.82 Å². The molecule has 0 atom stereocenters. The summed E-state index contributed by atoms with van der Waals surface area (Å²) in [4.78, 5) is 19.1. The molecule has 0 amide bonds. The molecule has 1 fully saturated rings. The van der Waals surface area contributed by atoms with Crippen LogP contribution in [-0.4, -0.2) is 42.3 Å². The summed E-state index contributed by atoms with van der Waals surface area (Å²) in [5, 5.41) is 14.1. The Hall–Kier alpha value is -1.96. The predicted octanol–water partition coefficient (Wildman–Crippen LogP) is 1.72. The van der Waals surface area contributed by atoms with Gasteiger partial charge in [-0.25, -0.2) is 4.98 Å². The first-order valence-corrected chi connectivity index (χ1v) is 6.50. The van der Waals surface area contributed by atoms with Crippen LogP contribution in [0.3, 0.4) is 0 Å². The summed E-state index contributed by atoms with van der Waals surface area (Å²) >= 11 is 0. The van der Waals surface area contributed by atoms with Crippen molar-refractivity contribution in [3.05, 3.63) is 15.9 Å². The van der Waals surface area contributed by atoms with Gasteiger partial charge in [-0.15, -0.1) is 0 Å². The number of methoxy groups -OCH3 is 2. The van der Waals surface area contributed by atoms with Crippen molar-refractivity contribution in [2.75, 3.05) is 32.7 Å². The average Bonchev–Trinajstić information content (AvgIpc) is 3.26. The van der Waals surface area contributed by atoms with Crippen molar-refractivity contribution in [3.8, 4) is 5.88 Å². The standard InChI is InChI=1S/C12H18N4O4/c1-19-7-3-6-13-11-9(16(17)18)12(20-2)15-10(14-11)8-4-5-8/h8H,3-7H2,1-2H3,(H,13,14,15). The molecule has 1 saturated carbocycles. The summed E-state index contributed by atoms with van der Waals surface area (Å²) in [6.45, 7) is 1.12. The zero-order chi connectivity index (χ0) is 14.5. The van der Waals surface area contributed by atoms with Crippen molar-refractivity contribution in [3.63, 3.8) is 0 Å². The van der Waals surface area contributed by atoms with Gasteiger partial charge in [-0.3, -0.25) is 10.1 Å². The first-order valence-electron chi connectivity index (χ1n) is 6.50. The van der Waals surface area contributed by atoms with Crippen molar-refractivity contribution in [1.29, 1.82) is 0 Å². The largest absolute Gasteiger partial charge is 0.476 e. The topological polar surface area (TPSA) is 99.4 Å². The highest BCUT2D eigenvalue weighted by Crippen LogP contribution is 2.41. The molecule has 1 aliphatic rings. The molecule has 8 heteroatoms. The van der Waals surface area contributed by atoms with Crippen LogP contribution in [0.2, 0.25) is 0 Å². The molecule has 1 heterocycles. The van der Waals surface area contributed by atoms with Crippen LogP contribution in [-0.2, 0) is 4.74 Å². The summed E-state index contributed by atoms with van der Waals surface area (Å²) in [6.07, 6.45) is 2.77. The van der Waals surface area contributed by atoms with Crippen LogP contribution in [0.5, 0.6) is 5.88 Å². The summed E-state index contributed by atoms with van der Waals surface area (Å²) in [5.74, 6) is 1.15. The second-order valence-corrected chi connectivity index (χ2v) is 4.59. The highest BCUT2D eigenvalue weighted by Gasteiger charge is 2.32. The van der Waals surface area contributed by atoms with Crippen molar-refractivity contribution in [1.82, 2.24) is 9.97 Å². The Labute approximate surface area is 116 Å². The second-order valence-electron chi connectivity index (χ2n) is 4.59. The predicted molar refractivity (Wildman–Crippen MR) is 72.2 cm³/mol. The molecule has 0 aliphatic heterocycles. The molecule has 0 aromatic carbocycles. The minimum absolute atomic E-state index is 0.0149. The Morgan fingerprint density at radius 1 is 1.40 bits per heavy atom.